The fraction of sp³-hybridized carbons (Fsp3) is 0.240. The van der Waals surface area contributed by atoms with Gasteiger partial charge >= 0.3 is 0 Å². The van der Waals surface area contributed by atoms with Gasteiger partial charge in [0.2, 0.25) is 0 Å². The monoisotopic (exact) mass is 445 g/mol. The molecular formula is C25H24FN5O2. The van der Waals surface area contributed by atoms with Gasteiger partial charge < -0.3 is 14.6 Å². The third kappa shape index (κ3) is 4.29. The minimum atomic E-state index is -0.592. The van der Waals surface area contributed by atoms with Crippen LogP contribution in [0.3, 0.4) is 0 Å². The Morgan fingerprint density at radius 2 is 2.03 bits per heavy atom. The lowest BCUT2D eigenvalue weighted by Crippen LogP contribution is -2.35. The molecule has 0 saturated heterocycles. The van der Waals surface area contributed by atoms with Crippen molar-refractivity contribution in [3.63, 3.8) is 0 Å². The molecule has 5 rings (SSSR count). The number of fused-ring (bicyclic) bond motifs is 1. The lowest BCUT2D eigenvalue weighted by molar-refractivity contribution is -0.134. The molecule has 1 N–H and O–H groups in total. The third-order valence-corrected chi connectivity index (χ3v) is 5.82. The first-order valence-corrected chi connectivity index (χ1v) is 10.9. The molecule has 0 fully saturated rings. The normalized spacial score (nSPS) is 15.3. The second kappa shape index (κ2) is 8.99. The van der Waals surface area contributed by atoms with E-state index in [0.717, 1.165) is 28.7 Å². The van der Waals surface area contributed by atoms with Crippen LogP contribution in [0.4, 0.5) is 4.39 Å². The number of ether oxygens (including phenoxy) is 1. The van der Waals surface area contributed by atoms with Crippen molar-refractivity contribution in [1.82, 2.24) is 24.6 Å². The van der Waals surface area contributed by atoms with Gasteiger partial charge in [-0.05, 0) is 35.2 Å². The van der Waals surface area contributed by atoms with Crippen LogP contribution in [0, 0.1) is 5.82 Å². The summed E-state index contributed by atoms with van der Waals surface area (Å²) in [6, 6.07) is 14.2. The van der Waals surface area contributed by atoms with Crippen molar-refractivity contribution < 1.29 is 13.9 Å². The summed E-state index contributed by atoms with van der Waals surface area (Å²) in [7, 11) is 1.90. The van der Waals surface area contributed by atoms with Crippen LogP contribution in [0.25, 0.3) is 22.6 Å². The molecule has 1 aliphatic rings. The minimum absolute atomic E-state index is 0.155. The molecule has 33 heavy (non-hydrogen) atoms. The first-order valence-electron chi connectivity index (χ1n) is 10.9. The topological polar surface area (TPSA) is 74.0 Å². The van der Waals surface area contributed by atoms with Gasteiger partial charge in [-0.25, -0.2) is 9.37 Å². The number of halogens is 1. The largest absolute Gasteiger partial charge is 0.363 e. The highest BCUT2D eigenvalue weighted by Gasteiger charge is 2.27. The van der Waals surface area contributed by atoms with E-state index >= 15 is 0 Å². The number of rotatable bonds is 6. The van der Waals surface area contributed by atoms with E-state index < -0.39 is 6.10 Å². The lowest BCUT2D eigenvalue weighted by Gasteiger charge is -2.25. The molecule has 4 aromatic rings. The zero-order chi connectivity index (χ0) is 22.8. The highest BCUT2D eigenvalue weighted by atomic mass is 19.1. The summed E-state index contributed by atoms with van der Waals surface area (Å²) >= 11 is 0. The van der Waals surface area contributed by atoms with Crippen molar-refractivity contribution >= 4 is 5.91 Å². The Bertz CT molecular complexity index is 1280. The van der Waals surface area contributed by atoms with Crippen molar-refractivity contribution in [1.29, 1.82) is 0 Å². The molecule has 0 spiro atoms. The Labute approximate surface area is 190 Å². The molecule has 0 unspecified atom stereocenters. The fourth-order valence-corrected chi connectivity index (χ4v) is 4.13. The number of nitrogens with zero attached hydrogens (tertiary/aromatic N) is 4. The van der Waals surface area contributed by atoms with Crippen LogP contribution in [-0.2, 0) is 29.5 Å². The zero-order valence-electron chi connectivity index (χ0n) is 18.2. The number of benzene rings is 2. The van der Waals surface area contributed by atoms with Crippen LogP contribution < -0.4 is 5.32 Å². The van der Waals surface area contributed by atoms with Crippen molar-refractivity contribution in [2.75, 3.05) is 13.2 Å². The minimum Gasteiger partial charge on any atom is -0.363 e. The standard InChI is InChI=1S/C25H24FN5O2/c1-30-13-11-27-24(30)22-21(18-6-8-19(26)9-7-18)16-31(29-22)14-12-28-25(32)23-20-5-3-2-4-17(20)10-15-33-23/h2-9,11,13,16,23H,10,12,14-15H2,1H3,(H,28,32)/t23-/m1/s1. The van der Waals surface area contributed by atoms with Crippen molar-refractivity contribution in [2.45, 2.75) is 19.1 Å². The quantitative estimate of drug-likeness (QED) is 0.493. The second-order valence-electron chi connectivity index (χ2n) is 8.01. The van der Waals surface area contributed by atoms with Crippen molar-refractivity contribution in [2.24, 2.45) is 7.05 Å². The molecule has 8 heteroatoms. The Morgan fingerprint density at radius 3 is 2.82 bits per heavy atom. The van der Waals surface area contributed by atoms with Gasteiger partial charge in [0.15, 0.2) is 11.9 Å². The molecule has 2 aromatic heterocycles. The lowest BCUT2D eigenvalue weighted by atomic mass is 9.97. The molecule has 168 valence electrons. The number of aromatic nitrogens is 4. The molecule has 7 nitrogen and oxygen atoms in total. The SMILES string of the molecule is Cn1ccnc1-c1nn(CCNC(=O)[C@@H]2OCCc3ccccc32)cc1-c1ccc(F)cc1. The van der Waals surface area contributed by atoms with Gasteiger partial charge in [-0.15, -0.1) is 0 Å². The molecule has 0 bridgehead atoms. The van der Waals surface area contributed by atoms with Crippen LogP contribution >= 0.6 is 0 Å². The maximum Gasteiger partial charge on any atom is 0.253 e. The van der Waals surface area contributed by atoms with Gasteiger partial charge in [0.1, 0.15) is 11.5 Å². The number of carbonyl (C=O) groups is 1. The van der Waals surface area contributed by atoms with Crippen LogP contribution in [0.1, 0.15) is 17.2 Å². The van der Waals surface area contributed by atoms with Crippen molar-refractivity contribution in [3.05, 3.63) is 84.1 Å². The summed E-state index contributed by atoms with van der Waals surface area (Å²) < 4.78 is 22.9. The zero-order valence-corrected chi connectivity index (χ0v) is 18.2. The van der Waals surface area contributed by atoms with E-state index in [2.05, 4.69) is 10.3 Å². The Hall–Kier alpha value is -3.78. The number of carbonyl (C=O) groups excluding carboxylic acids is 1. The van der Waals surface area contributed by atoms with Crippen LogP contribution in [0.2, 0.25) is 0 Å². The van der Waals surface area contributed by atoms with E-state index in [1.807, 2.05) is 48.3 Å². The molecule has 1 atom stereocenters. The van der Waals surface area contributed by atoms with E-state index in [0.29, 0.717) is 31.2 Å². The van der Waals surface area contributed by atoms with Crippen LogP contribution in [0.5, 0.6) is 0 Å². The molecule has 3 heterocycles. The summed E-state index contributed by atoms with van der Waals surface area (Å²) in [4.78, 5) is 17.2. The molecule has 2 aromatic carbocycles. The summed E-state index contributed by atoms with van der Waals surface area (Å²) in [5, 5.41) is 7.68. The summed E-state index contributed by atoms with van der Waals surface area (Å²) in [6.45, 7) is 1.40. The highest BCUT2D eigenvalue weighted by molar-refractivity contribution is 5.83. The maximum absolute atomic E-state index is 13.4. The summed E-state index contributed by atoms with van der Waals surface area (Å²) in [5.74, 6) is 0.264. The van der Waals surface area contributed by atoms with Gasteiger partial charge in [-0.2, -0.15) is 5.10 Å². The smallest absolute Gasteiger partial charge is 0.253 e. The van der Waals surface area contributed by atoms with Gasteiger partial charge in [0.25, 0.3) is 5.91 Å². The first kappa shape index (κ1) is 21.1. The number of hydrogen-bond donors (Lipinski definition) is 1. The molecule has 0 radical (unpaired) electrons. The van der Waals surface area contributed by atoms with Gasteiger partial charge in [-0.3, -0.25) is 9.48 Å². The van der Waals surface area contributed by atoms with E-state index in [4.69, 9.17) is 9.84 Å². The Balaban J connectivity index is 1.33. The Morgan fingerprint density at radius 1 is 1.21 bits per heavy atom. The van der Waals surface area contributed by atoms with E-state index in [-0.39, 0.29) is 11.7 Å². The second-order valence-corrected chi connectivity index (χ2v) is 8.01. The molecule has 1 amide bonds. The van der Waals surface area contributed by atoms with Gasteiger partial charge in [0.05, 0.1) is 13.2 Å². The average molecular weight is 445 g/mol. The molecular weight excluding hydrogens is 421 g/mol. The van der Waals surface area contributed by atoms with Crippen LogP contribution in [-0.4, -0.2) is 38.4 Å². The van der Waals surface area contributed by atoms with E-state index in [9.17, 15) is 9.18 Å². The third-order valence-electron chi connectivity index (χ3n) is 5.82. The van der Waals surface area contributed by atoms with E-state index in [1.54, 1.807) is 23.0 Å². The Kier molecular flexibility index (Phi) is 5.75. The number of hydrogen-bond acceptors (Lipinski definition) is 4. The highest BCUT2D eigenvalue weighted by Crippen LogP contribution is 2.30. The number of imidazole rings is 1. The van der Waals surface area contributed by atoms with Crippen LogP contribution in [0.15, 0.2) is 67.1 Å². The van der Waals surface area contributed by atoms with E-state index in [1.165, 1.54) is 12.1 Å². The summed E-state index contributed by atoms with van der Waals surface area (Å²) in [6.07, 6.45) is 5.69. The number of amides is 1. The van der Waals surface area contributed by atoms with Gasteiger partial charge in [-0.1, -0.05) is 36.4 Å². The predicted octanol–water partition coefficient (Wildman–Crippen LogP) is 3.52. The molecule has 0 saturated carbocycles. The number of nitrogens with one attached hydrogen (secondary N) is 1. The van der Waals surface area contributed by atoms with Crippen molar-refractivity contribution in [3.8, 4) is 22.6 Å². The molecule has 0 aliphatic carbocycles. The average Bonchev–Trinajstić information content (AvgIpc) is 3.45. The molecule has 1 aliphatic heterocycles. The first-order chi connectivity index (χ1) is 16.1. The maximum atomic E-state index is 13.4. The number of aryl methyl sites for hydroxylation is 1. The fourth-order valence-electron chi connectivity index (χ4n) is 4.13. The predicted molar refractivity (Wildman–Crippen MR) is 122 cm³/mol. The summed E-state index contributed by atoms with van der Waals surface area (Å²) in [5.41, 5.74) is 4.47. The van der Waals surface area contributed by atoms with Gasteiger partial charge in [0, 0.05) is 37.7 Å².